The highest BCUT2D eigenvalue weighted by atomic mass is 16.3. The molecule has 0 saturated heterocycles. The lowest BCUT2D eigenvalue weighted by Crippen LogP contribution is -2.34. The molecular weight excluding hydrogens is 204 g/mol. The molecule has 2 atom stereocenters. The molecule has 1 saturated carbocycles. The molecule has 1 heterocycles. The number of aryl methyl sites for hydroxylation is 1. The van der Waals surface area contributed by atoms with Crippen LogP contribution in [0.1, 0.15) is 25.7 Å². The highest BCUT2D eigenvalue weighted by Gasteiger charge is 2.25. The molecule has 1 fully saturated rings. The number of anilines is 2. The molecule has 90 valence electrons. The van der Waals surface area contributed by atoms with E-state index in [-0.39, 0.29) is 6.61 Å². The van der Waals surface area contributed by atoms with Crippen molar-refractivity contribution in [2.45, 2.75) is 31.7 Å². The van der Waals surface area contributed by atoms with Gasteiger partial charge in [0.1, 0.15) is 0 Å². The number of nitrogens with one attached hydrogen (secondary N) is 1. The lowest BCUT2D eigenvalue weighted by molar-refractivity contribution is 0.178. The van der Waals surface area contributed by atoms with Crippen LogP contribution in [0.2, 0.25) is 0 Å². The van der Waals surface area contributed by atoms with E-state index in [0.717, 1.165) is 18.7 Å². The Morgan fingerprint density at radius 2 is 2.31 bits per heavy atom. The zero-order valence-corrected chi connectivity index (χ0v) is 9.69. The zero-order chi connectivity index (χ0) is 11.5. The van der Waals surface area contributed by atoms with Crippen LogP contribution in [0.25, 0.3) is 0 Å². The van der Waals surface area contributed by atoms with Gasteiger partial charge < -0.3 is 16.2 Å². The Bertz CT molecular complexity index is 350. The molecule has 2 unspecified atom stereocenters. The van der Waals surface area contributed by atoms with Crippen LogP contribution in [0.5, 0.6) is 0 Å². The Kier molecular flexibility index (Phi) is 3.33. The summed E-state index contributed by atoms with van der Waals surface area (Å²) in [6, 6.07) is 0.302. The molecule has 1 aliphatic carbocycles. The fourth-order valence-electron chi connectivity index (χ4n) is 2.41. The van der Waals surface area contributed by atoms with Crippen molar-refractivity contribution in [1.29, 1.82) is 0 Å². The third kappa shape index (κ3) is 2.29. The van der Waals surface area contributed by atoms with Crippen molar-refractivity contribution in [1.82, 2.24) is 9.78 Å². The van der Waals surface area contributed by atoms with Gasteiger partial charge in [-0.05, 0) is 12.8 Å². The molecule has 5 heteroatoms. The Morgan fingerprint density at radius 3 is 2.94 bits per heavy atom. The second-order valence-corrected chi connectivity index (χ2v) is 4.58. The molecule has 1 aromatic rings. The summed E-state index contributed by atoms with van der Waals surface area (Å²) in [6.07, 6.45) is 6.38. The first kappa shape index (κ1) is 11.3. The van der Waals surface area contributed by atoms with Gasteiger partial charge in [0.25, 0.3) is 0 Å². The van der Waals surface area contributed by atoms with E-state index >= 15 is 0 Å². The van der Waals surface area contributed by atoms with Gasteiger partial charge in [-0.15, -0.1) is 0 Å². The smallest absolute Gasteiger partial charge is 0.171 e. The number of aromatic nitrogens is 2. The summed E-state index contributed by atoms with van der Waals surface area (Å²) < 4.78 is 1.70. The first-order valence-electron chi connectivity index (χ1n) is 5.87. The predicted octanol–water partition coefficient (Wildman–Crippen LogP) is 0.965. The minimum atomic E-state index is 0.240. The van der Waals surface area contributed by atoms with Gasteiger partial charge in [0.05, 0.1) is 5.69 Å². The molecule has 1 aliphatic rings. The lowest BCUT2D eigenvalue weighted by atomic mass is 9.85. The molecule has 0 aromatic carbocycles. The molecule has 0 spiro atoms. The molecule has 5 nitrogen and oxygen atoms in total. The van der Waals surface area contributed by atoms with Crippen molar-refractivity contribution in [3.8, 4) is 0 Å². The molecule has 1 aromatic heterocycles. The number of nitrogens with two attached hydrogens (primary N) is 1. The molecule has 2 rings (SSSR count). The van der Waals surface area contributed by atoms with E-state index in [2.05, 4.69) is 10.4 Å². The summed E-state index contributed by atoms with van der Waals surface area (Å²) in [5.74, 6) is 1.07. The van der Waals surface area contributed by atoms with Gasteiger partial charge in [-0.1, -0.05) is 12.8 Å². The van der Waals surface area contributed by atoms with Crippen molar-refractivity contribution >= 4 is 11.5 Å². The molecule has 16 heavy (non-hydrogen) atoms. The maximum Gasteiger partial charge on any atom is 0.171 e. The van der Waals surface area contributed by atoms with Crippen molar-refractivity contribution in [3.05, 3.63) is 6.20 Å². The topological polar surface area (TPSA) is 76.1 Å². The molecule has 4 N–H and O–H groups in total. The Labute approximate surface area is 95.6 Å². The predicted molar refractivity (Wildman–Crippen MR) is 64.1 cm³/mol. The van der Waals surface area contributed by atoms with E-state index in [1.165, 1.54) is 12.8 Å². The fraction of sp³-hybridized carbons (Fsp3) is 0.727. The van der Waals surface area contributed by atoms with Crippen LogP contribution in [0.15, 0.2) is 6.20 Å². The number of nitrogens with zero attached hydrogens (tertiary/aromatic N) is 2. The highest BCUT2D eigenvalue weighted by molar-refractivity contribution is 5.60. The summed E-state index contributed by atoms with van der Waals surface area (Å²) in [5.41, 5.74) is 6.51. The van der Waals surface area contributed by atoms with Crippen LogP contribution in [0, 0.1) is 5.92 Å². The van der Waals surface area contributed by atoms with E-state index in [9.17, 15) is 5.11 Å². The number of hydrogen-bond acceptors (Lipinski definition) is 4. The monoisotopic (exact) mass is 224 g/mol. The maximum atomic E-state index is 9.32. The quantitative estimate of drug-likeness (QED) is 0.715. The SMILES string of the molecule is Cn1cc(N)c(NC2CCCCC2CO)n1. The number of aliphatic hydroxyl groups is 1. The van der Waals surface area contributed by atoms with E-state index in [1.807, 2.05) is 7.05 Å². The maximum absolute atomic E-state index is 9.32. The average molecular weight is 224 g/mol. The van der Waals surface area contributed by atoms with E-state index < -0.39 is 0 Å². The van der Waals surface area contributed by atoms with Crippen molar-refractivity contribution in [2.75, 3.05) is 17.7 Å². The zero-order valence-electron chi connectivity index (χ0n) is 9.69. The number of hydrogen-bond donors (Lipinski definition) is 3. The molecule has 0 bridgehead atoms. The van der Waals surface area contributed by atoms with Gasteiger partial charge in [-0.3, -0.25) is 4.68 Å². The summed E-state index contributed by atoms with van der Waals surface area (Å²) in [6.45, 7) is 0.240. The average Bonchev–Trinajstić information content (AvgIpc) is 2.58. The van der Waals surface area contributed by atoms with Crippen molar-refractivity contribution in [2.24, 2.45) is 13.0 Å². The lowest BCUT2D eigenvalue weighted by Gasteiger charge is -2.30. The first-order chi connectivity index (χ1) is 7.70. The highest BCUT2D eigenvalue weighted by Crippen LogP contribution is 2.28. The normalized spacial score (nSPS) is 25.6. The van der Waals surface area contributed by atoms with Gasteiger partial charge in [0.2, 0.25) is 0 Å². The summed E-state index contributed by atoms with van der Waals surface area (Å²) in [7, 11) is 1.85. The Balaban J connectivity index is 2.04. The third-order valence-electron chi connectivity index (χ3n) is 3.32. The Hall–Kier alpha value is -1.23. The van der Waals surface area contributed by atoms with Gasteiger partial charge in [-0.25, -0.2) is 0 Å². The van der Waals surface area contributed by atoms with Crippen LogP contribution in [-0.4, -0.2) is 27.5 Å². The van der Waals surface area contributed by atoms with Crippen LogP contribution >= 0.6 is 0 Å². The summed E-state index contributed by atoms with van der Waals surface area (Å²) >= 11 is 0. The van der Waals surface area contributed by atoms with E-state index in [0.29, 0.717) is 17.6 Å². The first-order valence-corrected chi connectivity index (χ1v) is 5.87. The van der Waals surface area contributed by atoms with E-state index in [1.54, 1.807) is 10.9 Å². The standard InChI is InChI=1S/C11H20N4O/c1-15-6-9(12)11(14-15)13-10-5-3-2-4-8(10)7-16/h6,8,10,16H,2-5,7,12H2,1H3,(H,13,14). The van der Waals surface area contributed by atoms with Crippen LogP contribution in [0.3, 0.4) is 0 Å². The second-order valence-electron chi connectivity index (χ2n) is 4.58. The number of aliphatic hydroxyl groups excluding tert-OH is 1. The molecule has 0 aliphatic heterocycles. The van der Waals surface area contributed by atoms with E-state index in [4.69, 9.17) is 5.73 Å². The van der Waals surface area contributed by atoms with Crippen LogP contribution in [-0.2, 0) is 7.05 Å². The summed E-state index contributed by atoms with van der Waals surface area (Å²) in [5, 5.41) is 16.9. The van der Waals surface area contributed by atoms with Gasteiger partial charge in [0, 0.05) is 31.8 Å². The minimum Gasteiger partial charge on any atom is -0.396 e. The number of rotatable bonds is 3. The molecular formula is C11H20N4O. The van der Waals surface area contributed by atoms with Gasteiger partial charge >= 0.3 is 0 Å². The second kappa shape index (κ2) is 4.74. The largest absolute Gasteiger partial charge is 0.396 e. The van der Waals surface area contributed by atoms with Gasteiger partial charge in [0.15, 0.2) is 5.82 Å². The Morgan fingerprint density at radius 1 is 1.56 bits per heavy atom. The summed E-state index contributed by atoms with van der Waals surface area (Å²) in [4.78, 5) is 0. The van der Waals surface area contributed by atoms with Crippen molar-refractivity contribution < 1.29 is 5.11 Å². The fourth-order valence-corrected chi connectivity index (χ4v) is 2.41. The molecule has 0 radical (unpaired) electrons. The third-order valence-corrected chi connectivity index (χ3v) is 3.32. The van der Waals surface area contributed by atoms with Crippen LogP contribution in [0.4, 0.5) is 11.5 Å². The van der Waals surface area contributed by atoms with Crippen LogP contribution < -0.4 is 11.1 Å². The van der Waals surface area contributed by atoms with Crippen molar-refractivity contribution in [3.63, 3.8) is 0 Å². The molecule has 0 amide bonds. The van der Waals surface area contributed by atoms with Gasteiger partial charge in [-0.2, -0.15) is 5.10 Å². The number of nitrogen functional groups attached to an aromatic ring is 1. The minimum absolute atomic E-state index is 0.240.